The first-order valence-corrected chi connectivity index (χ1v) is 8.81. The summed E-state index contributed by atoms with van der Waals surface area (Å²) in [4.78, 5) is 0. The van der Waals surface area contributed by atoms with Gasteiger partial charge in [-0.2, -0.15) is 0 Å². The first kappa shape index (κ1) is 16.5. The Hall–Kier alpha value is -0.580. The maximum atomic E-state index is 12.0. The molecule has 0 bridgehead atoms. The van der Waals surface area contributed by atoms with Crippen molar-refractivity contribution in [3.8, 4) is 0 Å². The highest BCUT2D eigenvalue weighted by molar-refractivity contribution is 7.90. The zero-order valence-corrected chi connectivity index (χ0v) is 13.1. The van der Waals surface area contributed by atoms with E-state index < -0.39 is 9.84 Å². The fourth-order valence-corrected chi connectivity index (χ4v) is 3.44. The number of hydrogen-bond donors (Lipinski definition) is 1. The van der Waals surface area contributed by atoms with Crippen molar-refractivity contribution in [1.29, 1.82) is 0 Å². The predicted molar refractivity (Wildman–Crippen MR) is 81.3 cm³/mol. The van der Waals surface area contributed by atoms with Crippen LogP contribution in [-0.4, -0.2) is 26.8 Å². The van der Waals surface area contributed by atoms with Gasteiger partial charge in [0.1, 0.15) is 0 Å². The largest absolute Gasteiger partial charge is 0.314 e. The summed E-state index contributed by atoms with van der Waals surface area (Å²) in [7, 11) is -3.05. The van der Waals surface area contributed by atoms with Crippen molar-refractivity contribution < 1.29 is 8.42 Å². The zero-order valence-electron chi connectivity index (χ0n) is 11.5. The molecule has 0 saturated carbocycles. The molecule has 0 aliphatic carbocycles. The number of nitrogens with one attached hydrogen (secondary N) is 1. The van der Waals surface area contributed by atoms with E-state index in [2.05, 4.69) is 12.2 Å². The molecular weight excluding hydrogens is 282 g/mol. The standard InChI is InChI=1S/C14H22ClNO2S/c1-3-9-16-12(2)8-10-19(17,18)11-13-4-6-14(15)7-5-13/h4-7,12,16H,3,8-11H2,1-2H3. The second-order valence-electron chi connectivity index (χ2n) is 4.86. The average Bonchev–Trinajstić information content (AvgIpc) is 2.36. The van der Waals surface area contributed by atoms with Gasteiger partial charge >= 0.3 is 0 Å². The molecule has 0 amide bonds. The van der Waals surface area contributed by atoms with Crippen LogP contribution in [0.3, 0.4) is 0 Å². The number of rotatable bonds is 8. The first-order valence-electron chi connectivity index (χ1n) is 6.61. The Morgan fingerprint density at radius 2 is 1.89 bits per heavy atom. The van der Waals surface area contributed by atoms with E-state index in [9.17, 15) is 8.42 Å². The van der Waals surface area contributed by atoms with Crippen LogP contribution in [0.15, 0.2) is 24.3 Å². The van der Waals surface area contributed by atoms with Gasteiger partial charge in [-0.3, -0.25) is 0 Å². The van der Waals surface area contributed by atoms with E-state index in [-0.39, 0.29) is 17.5 Å². The maximum Gasteiger partial charge on any atom is 0.154 e. The molecule has 0 aromatic heterocycles. The van der Waals surface area contributed by atoms with Crippen LogP contribution in [0.1, 0.15) is 32.3 Å². The highest BCUT2D eigenvalue weighted by Gasteiger charge is 2.13. The van der Waals surface area contributed by atoms with Crippen molar-refractivity contribution in [2.24, 2.45) is 0 Å². The highest BCUT2D eigenvalue weighted by atomic mass is 35.5. The van der Waals surface area contributed by atoms with Crippen molar-refractivity contribution >= 4 is 21.4 Å². The molecular formula is C14H22ClNO2S. The third-order valence-electron chi connectivity index (χ3n) is 2.90. The van der Waals surface area contributed by atoms with E-state index in [0.29, 0.717) is 11.4 Å². The molecule has 19 heavy (non-hydrogen) atoms. The lowest BCUT2D eigenvalue weighted by atomic mass is 10.2. The molecule has 0 saturated heterocycles. The van der Waals surface area contributed by atoms with Crippen molar-refractivity contribution in [3.05, 3.63) is 34.9 Å². The van der Waals surface area contributed by atoms with Gasteiger partial charge in [-0.1, -0.05) is 30.7 Å². The van der Waals surface area contributed by atoms with Gasteiger partial charge in [0.15, 0.2) is 9.84 Å². The van der Waals surface area contributed by atoms with E-state index >= 15 is 0 Å². The summed E-state index contributed by atoms with van der Waals surface area (Å²) in [5, 5.41) is 3.92. The molecule has 1 atom stereocenters. The zero-order chi connectivity index (χ0) is 14.3. The minimum atomic E-state index is -3.05. The van der Waals surface area contributed by atoms with E-state index in [1.54, 1.807) is 24.3 Å². The van der Waals surface area contributed by atoms with Crippen LogP contribution in [0.2, 0.25) is 5.02 Å². The van der Waals surface area contributed by atoms with Crippen LogP contribution < -0.4 is 5.32 Å². The topological polar surface area (TPSA) is 46.2 Å². The molecule has 0 fully saturated rings. The van der Waals surface area contributed by atoms with Gasteiger partial charge in [0.05, 0.1) is 11.5 Å². The highest BCUT2D eigenvalue weighted by Crippen LogP contribution is 2.13. The third-order valence-corrected chi connectivity index (χ3v) is 4.79. The Morgan fingerprint density at radius 3 is 2.47 bits per heavy atom. The van der Waals surface area contributed by atoms with Crippen molar-refractivity contribution in [3.63, 3.8) is 0 Å². The summed E-state index contributed by atoms with van der Waals surface area (Å²) >= 11 is 5.78. The molecule has 0 radical (unpaired) electrons. The lowest BCUT2D eigenvalue weighted by Gasteiger charge is -2.13. The monoisotopic (exact) mass is 303 g/mol. The molecule has 5 heteroatoms. The first-order chi connectivity index (χ1) is 8.93. The lowest BCUT2D eigenvalue weighted by molar-refractivity contribution is 0.525. The fourth-order valence-electron chi connectivity index (χ4n) is 1.76. The quantitative estimate of drug-likeness (QED) is 0.803. The van der Waals surface area contributed by atoms with Crippen LogP contribution in [0, 0.1) is 0 Å². The number of sulfone groups is 1. The molecule has 1 rings (SSSR count). The van der Waals surface area contributed by atoms with Crippen molar-refractivity contribution in [2.75, 3.05) is 12.3 Å². The summed E-state index contributed by atoms with van der Waals surface area (Å²) in [6.45, 7) is 5.04. The van der Waals surface area contributed by atoms with Gasteiger partial charge in [0.25, 0.3) is 0 Å². The second-order valence-corrected chi connectivity index (χ2v) is 7.48. The Morgan fingerprint density at radius 1 is 1.26 bits per heavy atom. The minimum Gasteiger partial charge on any atom is -0.314 e. The second kappa shape index (κ2) is 7.88. The Bertz CT molecular complexity index is 471. The molecule has 0 aliphatic rings. The SMILES string of the molecule is CCCNC(C)CCS(=O)(=O)Cc1ccc(Cl)cc1. The van der Waals surface area contributed by atoms with Crippen molar-refractivity contribution in [1.82, 2.24) is 5.32 Å². The molecule has 0 heterocycles. The fraction of sp³-hybridized carbons (Fsp3) is 0.571. The molecule has 1 N–H and O–H groups in total. The summed E-state index contributed by atoms with van der Waals surface area (Å²) in [6.07, 6.45) is 1.71. The third kappa shape index (κ3) is 6.95. The summed E-state index contributed by atoms with van der Waals surface area (Å²) in [5.41, 5.74) is 0.790. The van der Waals surface area contributed by atoms with Gasteiger partial charge in [-0.25, -0.2) is 8.42 Å². The smallest absolute Gasteiger partial charge is 0.154 e. The van der Waals surface area contributed by atoms with E-state index in [4.69, 9.17) is 11.6 Å². The summed E-state index contributed by atoms with van der Waals surface area (Å²) < 4.78 is 24.0. The predicted octanol–water partition coefficient (Wildman–Crippen LogP) is 3.03. The van der Waals surface area contributed by atoms with Gasteiger partial charge in [0.2, 0.25) is 0 Å². The van der Waals surface area contributed by atoms with Crippen LogP contribution in [-0.2, 0) is 15.6 Å². The van der Waals surface area contributed by atoms with Gasteiger partial charge in [-0.15, -0.1) is 0 Å². The molecule has 1 aromatic carbocycles. The molecule has 0 aliphatic heterocycles. The Labute approximate surface area is 121 Å². The molecule has 0 spiro atoms. The van der Waals surface area contributed by atoms with E-state index in [0.717, 1.165) is 18.5 Å². The normalized spacial score (nSPS) is 13.4. The number of hydrogen-bond acceptors (Lipinski definition) is 3. The van der Waals surface area contributed by atoms with E-state index in [1.807, 2.05) is 6.92 Å². The molecule has 108 valence electrons. The summed E-state index contributed by atoms with van der Waals surface area (Å²) in [5.74, 6) is 0.304. The number of halogens is 1. The molecule has 1 aromatic rings. The molecule has 3 nitrogen and oxygen atoms in total. The van der Waals surface area contributed by atoms with Gasteiger partial charge in [-0.05, 0) is 44.0 Å². The summed E-state index contributed by atoms with van der Waals surface area (Å²) in [6, 6.07) is 7.20. The average molecular weight is 304 g/mol. The Balaban J connectivity index is 2.45. The van der Waals surface area contributed by atoms with Gasteiger partial charge < -0.3 is 5.32 Å². The maximum absolute atomic E-state index is 12.0. The lowest BCUT2D eigenvalue weighted by Crippen LogP contribution is -2.29. The van der Waals surface area contributed by atoms with Crippen LogP contribution in [0.25, 0.3) is 0 Å². The van der Waals surface area contributed by atoms with Gasteiger partial charge in [0, 0.05) is 11.1 Å². The van der Waals surface area contributed by atoms with Crippen molar-refractivity contribution in [2.45, 2.75) is 38.5 Å². The minimum absolute atomic E-state index is 0.0880. The Kier molecular flexibility index (Phi) is 6.83. The van der Waals surface area contributed by atoms with E-state index in [1.165, 1.54) is 0 Å². The molecule has 1 unspecified atom stereocenters. The van der Waals surface area contributed by atoms with Crippen LogP contribution in [0.4, 0.5) is 0 Å². The van der Waals surface area contributed by atoms with Crippen LogP contribution >= 0.6 is 11.6 Å². The number of benzene rings is 1. The van der Waals surface area contributed by atoms with Crippen LogP contribution in [0.5, 0.6) is 0 Å².